The van der Waals surface area contributed by atoms with Crippen molar-refractivity contribution in [3.8, 4) is 11.1 Å². The molecule has 1 aromatic heterocycles. The Balaban J connectivity index is 2.67. The lowest BCUT2D eigenvalue weighted by molar-refractivity contribution is -0.384. The molecule has 2 rings (SSSR count). The largest absolute Gasteiger partial charge is 0.478 e. The van der Waals surface area contributed by atoms with Crippen LogP contribution >= 0.6 is 0 Å². The molecule has 0 aliphatic carbocycles. The second-order valence-electron chi connectivity index (χ2n) is 3.69. The Morgan fingerprint density at radius 1 is 1.37 bits per heavy atom. The van der Waals surface area contributed by atoms with Gasteiger partial charge in [0.05, 0.1) is 16.7 Å². The minimum absolute atomic E-state index is 0.0567. The zero-order valence-electron chi connectivity index (χ0n) is 9.41. The quantitative estimate of drug-likeness (QED) is 0.677. The van der Waals surface area contributed by atoms with Crippen LogP contribution in [0.25, 0.3) is 11.1 Å². The first kappa shape index (κ1) is 12.6. The van der Waals surface area contributed by atoms with Crippen molar-refractivity contribution in [1.82, 2.24) is 4.98 Å². The van der Waals surface area contributed by atoms with Gasteiger partial charge in [0.2, 0.25) is 0 Å². The maximum absolute atomic E-state index is 13.6. The molecule has 0 atom stereocenters. The van der Waals surface area contributed by atoms with Crippen LogP contribution in [0.2, 0.25) is 0 Å². The third kappa shape index (κ3) is 2.54. The summed E-state index contributed by atoms with van der Waals surface area (Å²) in [4.78, 5) is 24.5. The average molecular weight is 262 g/mol. The molecule has 0 unspecified atom stereocenters. The molecule has 19 heavy (non-hydrogen) atoms. The lowest BCUT2D eigenvalue weighted by atomic mass is 10.0. The van der Waals surface area contributed by atoms with Gasteiger partial charge in [-0.25, -0.2) is 9.18 Å². The summed E-state index contributed by atoms with van der Waals surface area (Å²) >= 11 is 0. The van der Waals surface area contributed by atoms with Crippen molar-refractivity contribution in [2.24, 2.45) is 0 Å². The van der Waals surface area contributed by atoms with Crippen LogP contribution in [0.3, 0.4) is 0 Å². The maximum atomic E-state index is 13.6. The Labute approximate surface area is 106 Å². The number of pyridine rings is 1. The summed E-state index contributed by atoms with van der Waals surface area (Å²) in [6.07, 6.45) is 2.27. The summed E-state index contributed by atoms with van der Waals surface area (Å²) in [5, 5.41) is 19.7. The monoisotopic (exact) mass is 262 g/mol. The van der Waals surface area contributed by atoms with Gasteiger partial charge in [0.25, 0.3) is 5.69 Å². The van der Waals surface area contributed by atoms with Gasteiger partial charge in [0, 0.05) is 23.9 Å². The zero-order chi connectivity index (χ0) is 14.0. The number of benzene rings is 1. The van der Waals surface area contributed by atoms with Crippen LogP contribution in [0.4, 0.5) is 10.1 Å². The van der Waals surface area contributed by atoms with E-state index < -0.39 is 22.4 Å². The molecule has 0 saturated heterocycles. The van der Waals surface area contributed by atoms with Gasteiger partial charge in [-0.05, 0) is 17.7 Å². The molecule has 1 aromatic carbocycles. The Hall–Kier alpha value is -2.83. The van der Waals surface area contributed by atoms with Crippen molar-refractivity contribution in [2.75, 3.05) is 0 Å². The van der Waals surface area contributed by atoms with Crippen LogP contribution in [0, 0.1) is 15.9 Å². The third-order valence-electron chi connectivity index (χ3n) is 2.46. The maximum Gasteiger partial charge on any atom is 0.335 e. The van der Waals surface area contributed by atoms with E-state index >= 15 is 0 Å². The number of nitro benzene ring substituents is 1. The number of nitrogens with zero attached hydrogens (tertiary/aromatic N) is 2. The minimum Gasteiger partial charge on any atom is -0.478 e. The van der Waals surface area contributed by atoms with Crippen molar-refractivity contribution in [1.29, 1.82) is 0 Å². The normalized spacial score (nSPS) is 10.2. The number of aromatic nitrogens is 1. The lowest BCUT2D eigenvalue weighted by Gasteiger charge is -2.04. The fourth-order valence-corrected chi connectivity index (χ4v) is 1.60. The molecule has 96 valence electrons. The van der Waals surface area contributed by atoms with Gasteiger partial charge in [0.15, 0.2) is 0 Å². The third-order valence-corrected chi connectivity index (χ3v) is 2.46. The van der Waals surface area contributed by atoms with Gasteiger partial charge in [-0.1, -0.05) is 0 Å². The van der Waals surface area contributed by atoms with Crippen molar-refractivity contribution < 1.29 is 19.2 Å². The molecule has 2 aromatic rings. The number of halogens is 1. The molecule has 0 aliphatic rings. The minimum atomic E-state index is -1.32. The van der Waals surface area contributed by atoms with Gasteiger partial charge < -0.3 is 5.11 Å². The SMILES string of the molecule is O=C(O)c1cc(-c2ccncc2F)cc([N+](=O)[O-])c1. The number of hydrogen-bond donors (Lipinski definition) is 1. The second kappa shape index (κ2) is 4.81. The number of nitro groups is 1. The van der Waals surface area contributed by atoms with E-state index in [0.29, 0.717) is 0 Å². The van der Waals surface area contributed by atoms with E-state index in [2.05, 4.69) is 4.98 Å². The lowest BCUT2D eigenvalue weighted by Crippen LogP contribution is -1.99. The Morgan fingerprint density at radius 3 is 2.68 bits per heavy atom. The molecule has 0 fully saturated rings. The standard InChI is InChI=1S/C12H7FN2O4/c13-11-6-14-2-1-10(11)7-3-8(12(16)17)5-9(4-7)15(18)19/h1-6H,(H,16,17). The van der Waals surface area contributed by atoms with Crippen molar-refractivity contribution in [2.45, 2.75) is 0 Å². The molecule has 1 N–H and O–H groups in total. The molecule has 0 saturated carbocycles. The van der Waals surface area contributed by atoms with Crippen LogP contribution < -0.4 is 0 Å². The first-order valence-corrected chi connectivity index (χ1v) is 5.11. The topological polar surface area (TPSA) is 93.3 Å². The smallest absolute Gasteiger partial charge is 0.335 e. The molecule has 1 heterocycles. The van der Waals surface area contributed by atoms with Gasteiger partial charge >= 0.3 is 5.97 Å². The van der Waals surface area contributed by atoms with Crippen molar-refractivity contribution >= 4 is 11.7 Å². The number of rotatable bonds is 3. The molecule has 0 radical (unpaired) electrons. The van der Waals surface area contributed by atoms with E-state index in [4.69, 9.17) is 5.11 Å². The fraction of sp³-hybridized carbons (Fsp3) is 0. The van der Waals surface area contributed by atoms with E-state index in [1.165, 1.54) is 18.3 Å². The molecule has 7 heteroatoms. The van der Waals surface area contributed by atoms with Crippen LogP contribution in [-0.4, -0.2) is 21.0 Å². The zero-order valence-corrected chi connectivity index (χ0v) is 9.41. The molecular formula is C12H7FN2O4. The van der Waals surface area contributed by atoms with Crippen LogP contribution in [0.1, 0.15) is 10.4 Å². The molecule has 0 bridgehead atoms. The highest BCUT2D eigenvalue weighted by atomic mass is 19.1. The highest BCUT2D eigenvalue weighted by Gasteiger charge is 2.16. The number of carbonyl (C=O) groups is 1. The van der Waals surface area contributed by atoms with E-state index in [-0.39, 0.29) is 16.7 Å². The van der Waals surface area contributed by atoms with E-state index in [1.54, 1.807) is 0 Å². The first-order valence-electron chi connectivity index (χ1n) is 5.11. The fourth-order valence-electron chi connectivity index (χ4n) is 1.60. The molecular weight excluding hydrogens is 255 g/mol. The molecule has 0 aliphatic heterocycles. The van der Waals surface area contributed by atoms with Crippen LogP contribution in [-0.2, 0) is 0 Å². The first-order chi connectivity index (χ1) is 8.99. The van der Waals surface area contributed by atoms with Gasteiger partial charge in [-0.15, -0.1) is 0 Å². The van der Waals surface area contributed by atoms with Gasteiger partial charge in [-0.2, -0.15) is 0 Å². The number of non-ortho nitro benzene ring substituents is 1. The summed E-state index contributed by atoms with van der Waals surface area (Å²) in [6.45, 7) is 0. The number of hydrogen-bond acceptors (Lipinski definition) is 4. The molecule has 0 amide bonds. The van der Waals surface area contributed by atoms with Crippen molar-refractivity contribution in [3.05, 3.63) is 58.2 Å². The Morgan fingerprint density at radius 2 is 2.11 bits per heavy atom. The molecule has 0 spiro atoms. The Kier molecular flexibility index (Phi) is 3.19. The second-order valence-corrected chi connectivity index (χ2v) is 3.69. The van der Waals surface area contributed by atoms with Crippen molar-refractivity contribution in [3.63, 3.8) is 0 Å². The summed E-state index contributed by atoms with van der Waals surface area (Å²) in [5.74, 6) is -2.00. The van der Waals surface area contributed by atoms with E-state index in [1.807, 2.05) is 0 Å². The predicted molar refractivity (Wildman–Crippen MR) is 63.2 cm³/mol. The summed E-state index contributed by atoms with van der Waals surface area (Å²) in [7, 11) is 0. The number of aromatic carboxylic acids is 1. The summed E-state index contributed by atoms with van der Waals surface area (Å²) in [6, 6.07) is 4.53. The van der Waals surface area contributed by atoms with Gasteiger partial charge in [0.1, 0.15) is 5.82 Å². The van der Waals surface area contributed by atoms with Gasteiger partial charge in [-0.3, -0.25) is 15.1 Å². The molecule has 6 nitrogen and oxygen atoms in total. The predicted octanol–water partition coefficient (Wildman–Crippen LogP) is 2.49. The number of carboxylic acid groups (broad SMARTS) is 1. The van der Waals surface area contributed by atoms with Crippen LogP contribution in [0.5, 0.6) is 0 Å². The van der Waals surface area contributed by atoms with Crippen LogP contribution in [0.15, 0.2) is 36.7 Å². The summed E-state index contributed by atoms with van der Waals surface area (Å²) < 4.78 is 13.6. The number of carboxylic acids is 1. The van der Waals surface area contributed by atoms with E-state index in [9.17, 15) is 19.3 Å². The Bertz CT molecular complexity index is 640. The summed E-state index contributed by atoms with van der Waals surface area (Å²) in [5.41, 5.74) is -0.515. The highest BCUT2D eigenvalue weighted by Crippen LogP contribution is 2.27. The average Bonchev–Trinajstić information content (AvgIpc) is 2.38. The highest BCUT2D eigenvalue weighted by molar-refractivity contribution is 5.90. The van der Waals surface area contributed by atoms with E-state index in [0.717, 1.165) is 18.3 Å².